The van der Waals surface area contributed by atoms with Gasteiger partial charge in [-0.2, -0.15) is 0 Å². The van der Waals surface area contributed by atoms with Gasteiger partial charge in [0.15, 0.2) is 0 Å². The molecule has 2 bridgehead atoms. The zero-order chi connectivity index (χ0) is 15.8. The van der Waals surface area contributed by atoms with Gasteiger partial charge in [-0.3, -0.25) is 4.79 Å². The van der Waals surface area contributed by atoms with E-state index in [0.29, 0.717) is 24.2 Å². The van der Waals surface area contributed by atoms with Crippen LogP contribution in [0, 0.1) is 5.92 Å². The molecule has 2 heterocycles. The molecule has 0 radical (unpaired) electrons. The van der Waals surface area contributed by atoms with Gasteiger partial charge in [-0.1, -0.05) is 31.9 Å². The number of hydrogen-bond donors (Lipinski definition) is 2. The maximum Gasteiger partial charge on any atom is 0.303 e. The summed E-state index contributed by atoms with van der Waals surface area (Å²) in [6, 6.07) is 0.513. The number of nitrogens with one attached hydrogen (secondary N) is 1. The first-order valence-electron chi connectivity index (χ1n) is 8.98. The van der Waals surface area contributed by atoms with E-state index < -0.39 is 5.97 Å². The lowest BCUT2D eigenvalue weighted by atomic mass is 9.82. The van der Waals surface area contributed by atoms with Crippen LogP contribution >= 0.6 is 0 Å². The van der Waals surface area contributed by atoms with Crippen molar-refractivity contribution in [3.05, 3.63) is 12.2 Å². The second-order valence-corrected chi connectivity index (χ2v) is 6.63. The van der Waals surface area contributed by atoms with E-state index in [1.165, 1.54) is 32.1 Å². The normalized spacial score (nSPS) is 30.4. The Morgan fingerprint density at radius 3 is 2.82 bits per heavy atom. The van der Waals surface area contributed by atoms with Crippen molar-refractivity contribution in [2.24, 2.45) is 5.92 Å². The first-order valence-corrected chi connectivity index (χ1v) is 8.98. The van der Waals surface area contributed by atoms with Crippen LogP contribution in [0.3, 0.4) is 0 Å². The highest BCUT2D eigenvalue weighted by Gasteiger charge is 2.47. The first kappa shape index (κ1) is 17.5. The summed E-state index contributed by atoms with van der Waals surface area (Å²) in [5, 5.41) is 12.3. The standard InChI is InChI=1S/C18H31NO3/c1-2-3-8-13-19-18-14(15-11-12-16(18)22-15)9-6-4-5-7-10-17(20)21/h4,6,14-16,18-19H,2-3,5,7-13H2,1H3,(H,20,21)/t14-,15+,16-,18+/m0/s1. The second kappa shape index (κ2) is 9.31. The smallest absolute Gasteiger partial charge is 0.303 e. The van der Waals surface area contributed by atoms with E-state index in [4.69, 9.17) is 9.84 Å². The molecule has 2 aliphatic heterocycles. The number of fused-ring (bicyclic) bond motifs is 2. The number of ether oxygens (including phenoxy) is 1. The van der Waals surface area contributed by atoms with Gasteiger partial charge < -0.3 is 15.2 Å². The van der Waals surface area contributed by atoms with E-state index in [9.17, 15) is 4.79 Å². The third-order valence-corrected chi connectivity index (χ3v) is 4.92. The monoisotopic (exact) mass is 309 g/mol. The minimum atomic E-state index is -0.703. The molecule has 4 atom stereocenters. The molecule has 0 aromatic rings. The molecule has 0 aliphatic carbocycles. The molecule has 0 spiro atoms. The van der Waals surface area contributed by atoms with Gasteiger partial charge in [0.05, 0.1) is 12.2 Å². The van der Waals surface area contributed by atoms with E-state index in [1.54, 1.807) is 0 Å². The molecule has 2 aliphatic rings. The number of aliphatic carboxylic acids is 1. The predicted octanol–water partition coefficient (Wildman–Crippen LogP) is 3.51. The lowest BCUT2D eigenvalue weighted by Crippen LogP contribution is -2.44. The van der Waals surface area contributed by atoms with Crippen molar-refractivity contribution in [1.29, 1.82) is 0 Å². The maximum atomic E-state index is 10.5. The molecule has 2 N–H and O–H groups in total. The highest BCUT2D eigenvalue weighted by Crippen LogP contribution is 2.41. The topological polar surface area (TPSA) is 58.6 Å². The number of carboxylic acid groups (broad SMARTS) is 1. The SMILES string of the molecule is CCCCCN[C@@H]1[C@@H](CC=CCCCC(=O)O)[C@H]2CC[C@@H]1O2. The highest BCUT2D eigenvalue weighted by atomic mass is 16.5. The minimum Gasteiger partial charge on any atom is -0.481 e. The van der Waals surface area contributed by atoms with Gasteiger partial charge in [-0.25, -0.2) is 0 Å². The zero-order valence-electron chi connectivity index (χ0n) is 13.8. The highest BCUT2D eigenvalue weighted by molar-refractivity contribution is 5.66. The van der Waals surface area contributed by atoms with Crippen molar-refractivity contribution in [2.45, 2.75) is 83.0 Å². The van der Waals surface area contributed by atoms with Crippen molar-refractivity contribution in [2.75, 3.05) is 6.54 Å². The van der Waals surface area contributed by atoms with E-state index in [1.807, 2.05) is 0 Å². The van der Waals surface area contributed by atoms with Crippen LogP contribution < -0.4 is 5.32 Å². The Morgan fingerprint density at radius 2 is 2.05 bits per heavy atom. The summed E-state index contributed by atoms with van der Waals surface area (Å²) >= 11 is 0. The lowest BCUT2D eigenvalue weighted by molar-refractivity contribution is -0.137. The van der Waals surface area contributed by atoms with E-state index in [-0.39, 0.29) is 6.42 Å². The Kier molecular flexibility index (Phi) is 7.40. The summed E-state index contributed by atoms with van der Waals surface area (Å²) < 4.78 is 6.09. The molecule has 2 fully saturated rings. The summed E-state index contributed by atoms with van der Waals surface area (Å²) in [7, 11) is 0. The molecule has 0 saturated carbocycles. The Labute approximate surface area is 134 Å². The average molecular weight is 309 g/mol. The average Bonchev–Trinajstić information content (AvgIpc) is 3.08. The third kappa shape index (κ3) is 5.10. The van der Waals surface area contributed by atoms with Gasteiger partial charge in [-0.05, 0) is 45.1 Å². The van der Waals surface area contributed by atoms with Crippen LogP contribution in [-0.2, 0) is 9.53 Å². The molecule has 126 valence electrons. The number of carboxylic acids is 1. The molecule has 0 amide bonds. The molecular formula is C18H31NO3. The van der Waals surface area contributed by atoms with Crippen LogP contribution in [0.1, 0.15) is 64.7 Å². The van der Waals surface area contributed by atoms with Crippen molar-refractivity contribution >= 4 is 5.97 Å². The number of hydrogen-bond acceptors (Lipinski definition) is 3. The summed E-state index contributed by atoms with van der Waals surface area (Å²) in [5.74, 6) is -0.109. The van der Waals surface area contributed by atoms with Crippen molar-refractivity contribution in [1.82, 2.24) is 5.32 Å². The van der Waals surface area contributed by atoms with Gasteiger partial charge in [0.2, 0.25) is 0 Å². The first-order chi connectivity index (χ1) is 10.7. The van der Waals surface area contributed by atoms with Gasteiger partial charge in [0.25, 0.3) is 0 Å². The van der Waals surface area contributed by atoms with Gasteiger partial charge in [-0.15, -0.1) is 0 Å². The maximum absolute atomic E-state index is 10.5. The molecule has 4 nitrogen and oxygen atoms in total. The second-order valence-electron chi connectivity index (χ2n) is 6.63. The predicted molar refractivity (Wildman–Crippen MR) is 87.9 cm³/mol. The van der Waals surface area contributed by atoms with E-state index >= 15 is 0 Å². The van der Waals surface area contributed by atoms with Crippen LogP contribution in [0.4, 0.5) is 0 Å². The molecule has 22 heavy (non-hydrogen) atoms. The number of unbranched alkanes of at least 4 members (excludes halogenated alkanes) is 3. The Balaban J connectivity index is 1.70. The number of allylic oxidation sites excluding steroid dienone is 2. The summed E-state index contributed by atoms with van der Waals surface area (Å²) in [6.45, 7) is 3.34. The Bertz CT molecular complexity index is 369. The minimum absolute atomic E-state index is 0.267. The van der Waals surface area contributed by atoms with Crippen LogP contribution in [0.15, 0.2) is 12.2 Å². The molecule has 0 aromatic heterocycles. The fourth-order valence-electron chi connectivity index (χ4n) is 3.74. The van der Waals surface area contributed by atoms with Crippen LogP contribution in [-0.4, -0.2) is 35.9 Å². The molecule has 2 rings (SSSR count). The number of carbonyl (C=O) groups is 1. The molecule has 0 aromatic carbocycles. The van der Waals surface area contributed by atoms with Gasteiger partial charge in [0.1, 0.15) is 0 Å². The lowest BCUT2D eigenvalue weighted by Gasteiger charge is -2.28. The molecule has 0 unspecified atom stereocenters. The molecular weight excluding hydrogens is 278 g/mol. The van der Waals surface area contributed by atoms with E-state index in [2.05, 4.69) is 24.4 Å². The fraction of sp³-hybridized carbons (Fsp3) is 0.833. The quantitative estimate of drug-likeness (QED) is 0.453. The summed E-state index contributed by atoms with van der Waals surface area (Å²) in [4.78, 5) is 10.5. The van der Waals surface area contributed by atoms with Crippen LogP contribution in [0.2, 0.25) is 0 Å². The summed E-state index contributed by atoms with van der Waals surface area (Å²) in [5.41, 5.74) is 0. The summed E-state index contributed by atoms with van der Waals surface area (Å²) in [6.07, 6.45) is 14.4. The van der Waals surface area contributed by atoms with Gasteiger partial charge in [0, 0.05) is 18.4 Å². The zero-order valence-corrected chi connectivity index (χ0v) is 13.8. The van der Waals surface area contributed by atoms with Crippen LogP contribution in [0.25, 0.3) is 0 Å². The van der Waals surface area contributed by atoms with Gasteiger partial charge >= 0.3 is 5.97 Å². The molecule has 4 heteroatoms. The Morgan fingerprint density at radius 1 is 1.23 bits per heavy atom. The Hall–Kier alpha value is -0.870. The van der Waals surface area contributed by atoms with Crippen molar-refractivity contribution in [3.63, 3.8) is 0 Å². The number of rotatable bonds is 11. The van der Waals surface area contributed by atoms with Crippen molar-refractivity contribution in [3.8, 4) is 0 Å². The molecule has 2 saturated heterocycles. The third-order valence-electron chi connectivity index (χ3n) is 4.92. The van der Waals surface area contributed by atoms with E-state index in [0.717, 1.165) is 25.8 Å². The van der Waals surface area contributed by atoms with Crippen LogP contribution in [0.5, 0.6) is 0 Å². The largest absolute Gasteiger partial charge is 0.481 e. The fourth-order valence-corrected chi connectivity index (χ4v) is 3.74. The van der Waals surface area contributed by atoms with Crippen molar-refractivity contribution < 1.29 is 14.6 Å².